The van der Waals surface area contributed by atoms with E-state index < -0.39 is 17.3 Å². The van der Waals surface area contributed by atoms with E-state index in [1.165, 1.54) is 0 Å². The Labute approximate surface area is 78.9 Å². The average Bonchev–Trinajstić information content (AvgIpc) is 2.01. The van der Waals surface area contributed by atoms with Crippen molar-refractivity contribution in [3.8, 4) is 0 Å². The first-order chi connectivity index (χ1) is 5.91. The Kier molecular flexibility index (Phi) is 2.62. The summed E-state index contributed by atoms with van der Waals surface area (Å²) in [6, 6.07) is 0. The number of aliphatic carboxylic acids is 1. The Balaban J connectivity index is 2.69. The van der Waals surface area contributed by atoms with Gasteiger partial charge in [-0.3, -0.25) is 9.59 Å². The lowest BCUT2D eigenvalue weighted by Gasteiger charge is -2.47. The second-order valence-corrected chi connectivity index (χ2v) is 4.17. The summed E-state index contributed by atoms with van der Waals surface area (Å²) in [5.74, 6) is -1.89. The van der Waals surface area contributed by atoms with Gasteiger partial charge in [-0.2, -0.15) is 0 Å². The van der Waals surface area contributed by atoms with Gasteiger partial charge >= 0.3 is 11.9 Å². The van der Waals surface area contributed by atoms with Gasteiger partial charge in [-0.25, -0.2) is 0 Å². The lowest BCUT2D eigenvalue weighted by atomic mass is 9.55. The fourth-order valence-electron chi connectivity index (χ4n) is 1.83. The standard InChI is InChI=1S/C8H13O4P/c1-8(2)4(6(9)10)3-5(8)7(11)12-13/h4-5H,3,13H2,1-2H3,(H,9,10)/t4-,5+/m0/s1. The molecule has 1 fully saturated rings. The lowest BCUT2D eigenvalue weighted by Crippen LogP contribution is -2.52. The smallest absolute Gasteiger partial charge is 0.311 e. The zero-order valence-electron chi connectivity index (χ0n) is 7.61. The molecule has 0 radical (unpaired) electrons. The monoisotopic (exact) mass is 204 g/mol. The minimum atomic E-state index is -0.835. The number of carboxylic acid groups (broad SMARTS) is 1. The van der Waals surface area contributed by atoms with Crippen LogP contribution in [0, 0.1) is 17.3 Å². The second kappa shape index (κ2) is 3.26. The highest BCUT2D eigenvalue weighted by Gasteiger charge is 2.55. The van der Waals surface area contributed by atoms with Crippen molar-refractivity contribution in [1.82, 2.24) is 0 Å². The van der Waals surface area contributed by atoms with Gasteiger partial charge in [0.05, 0.1) is 21.3 Å². The van der Waals surface area contributed by atoms with Gasteiger partial charge in [0.15, 0.2) is 0 Å². The van der Waals surface area contributed by atoms with Crippen LogP contribution in [0.15, 0.2) is 0 Å². The molecule has 0 bridgehead atoms. The van der Waals surface area contributed by atoms with Crippen LogP contribution < -0.4 is 0 Å². The summed E-state index contributed by atoms with van der Waals surface area (Å²) in [4.78, 5) is 21.8. The first-order valence-electron chi connectivity index (χ1n) is 4.04. The van der Waals surface area contributed by atoms with E-state index in [2.05, 4.69) is 4.52 Å². The van der Waals surface area contributed by atoms with Gasteiger partial charge in [0.2, 0.25) is 0 Å². The van der Waals surface area contributed by atoms with Crippen LogP contribution in [0.3, 0.4) is 0 Å². The molecule has 1 aliphatic rings. The van der Waals surface area contributed by atoms with Crippen LogP contribution in [-0.4, -0.2) is 17.0 Å². The molecule has 4 nitrogen and oxygen atoms in total. The van der Waals surface area contributed by atoms with Crippen molar-refractivity contribution in [2.24, 2.45) is 17.3 Å². The third-order valence-corrected chi connectivity index (χ3v) is 3.20. The molecular formula is C8H13O4P. The molecule has 1 N–H and O–H groups in total. The Morgan fingerprint density at radius 3 is 2.31 bits per heavy atom. The predicted molar refractivity (Wildman–Crippen MR) is 48.8 cm³/mol. The Hall–Kier alpha value is -0.630. The van der Waals surface area contributed by atoms with Crippen molar-refractivity contribution in [3.05, 3.63) is 0 Å². The summed E-state index contributed by atoms with van der Waals surface area (Å²) in [5.41, 5.74) is -0.487. The van der Waals surface area contributed by atoms with E-state index in [1.807, 2.05) is 9.47 Å². The molecule has 3 atom stereocenters. The van der Waals surface area contributed by atoms with Gasteiger partial charge < -0.3 is 9.63 Å². The van der Waals surface area contributed by atoms with E-state index in [-0.39, 0.29) is 11.9 Å². The molecule has 1 aliphatic carbocycles. The van der Waals surface area contributed by atoms with Crippen molar-refractivity contribution < 1.29 is 19.2 Å². The molecule has 0 aromatic heterocycles. The number of carboxylic acids is 1. The zero-order valence-corrected chi connectivity index (χ0v) is 8.77. The van der Waals surface area contributed by atoms with Gasteiger partial charge in [0.1, 0.15) is 0 Å². The highest BCUT2D eigenvalue weighted by molar-refractivity contribution is 7.10. The summed E-state index contributed by atoms with van der Waals surface area (Å²) >= 11 is 0. The Morgan fingerprint density at radius 2 is 2.00 bits per heavy atom. The molecule has 0 aromatic rings. The maximum Gasteiger partial charge on any atom is 0.311 e. The molecule has 0 saturated heterocycles. The first-order valence-corrected chi connectivity index (χ1v) is 4.51. The molecule has 0 aromatic carbocycles. The largest absolute Gasteiger partial charge is 0.481 e. The van der Waals surface area contributed by atoms with Crippen molar-refractivity contribution >= 4 is 21.4 Å². The maximum absolute atomic E-state index is 11.1. The van der Waals surface area contributed by atoms with E-state index in [9.17, 15) is 9.59 Å². The number of carbonyl (C=O) groups excluding carboxylic acids is 1. The average molecular weight is 204 g/mol. The van der Waals surface area contributed by atoms with Gasteiger partial charge in [0.25, 0.3) is 0 Å². The van der Waals surface area contributed by atoms with E-state index in [0.29, 0.717) is 6.42 Å². The molecule has 0 heterocycles. The fourth-order valence-corrected chi connectivity index (χ4v) is 1.99. The summed E-state index contributed by atoms with van der Waals surface area (Å²) in [5, 5.41) is 8.78. The molecule has 13 heavy (non-hydrogen) atoms. The number of hydrogen-bond acceptors (Lipinski definition) is 3. The SMILES string of the molecule is CC1(C)[C@@H](C(=O)OP)C[C@H]1C(=O)O. The van der Waals surface area contributed by atoms with Crippen LogP contribution in [0.1, 0.15) is 20.3 Å². The van der Waals surface area contributed by atoms with Crippen molar-refractivity contribution in [2.45, 2.75) is 20.3 Å². The molecular weight excluding hydrogens is 191 g/mol. The third-order valence-electron chi connectivity index (χ3n) is 2.97. The van der Waals surface area contributed by atoms with Crippen molar-refractivity contribution in [1.29, 1.82) is 0 Å². The van der Waals surface area contributed by atoms with Crippen LogP contribution in [0.25, 0.3) is 0 Å². The van der Waals surface area contributed by atoms with Crippen molar-refractivity contribution in [3.63, 3.8) is 0 Å². The second-order valence-electron chi connectivity index (χ2n) is 3.94. The minimum absolute atomic E-state index is 0.286. The van der Waals surface area contributed by atoms with E-state index >= 15 is 0 Å². The first kappa shape index (κ1) is 10.5. The van der Waals surface area contributed by atoms with Crippen LogP contribution >= 0.6 is 9.47 Å². The highest BCUT2D eigenvalue weighted by Crippen LogP contribution is 2.51. The third kappa shape index (κ3) is 1.55. The normalized spacial score (nSPS) is 30.4. The number of rotatable bonds is 2. The lowest BCUT2D eigenvalue weighted by molar-refractivity contribution is -0.168. The highest BCUT2D eigenvalue weighted by atomic mass is 31.0. The molecule has 5 heteroatoms. The molecule has 0 aliphatic heterocycles. The van der Waals surface area contributed by atoms with Crippen LogP contribution in [0.5, 0.6) is 0 Å². The van der Waals surface area contributed by atoms with Crippen LogP contribution in [0.4, 0.5) is 0 Å². The van der Waals surface area contributed by atoms with Crippen LogP contribution in [-0.2, 0) is 14.1 Å². The molecule has 0 spiro atoms. The van der Waals surface area contributed by atoms with Gasteiger partial charge in [0, 0.05) is 0 Å². The number of hydrogen-bond donors (Lipinski definition) is 1. The van der Waals surface area contributed by atoms with Gasteiger partial charge in [-0.15, -0.1) is 0 Å². The summed E-state index contributed by atoms with van der Waals surface area (Å²) in [6.45, 7) is 3.56. The Morgan fingerprint density at radius 1 is 1.46 bits per heavy atom. The fraction of sp³-hybridized carbons (Fsp3) is 0.750. The van der Waals surface area contributed by atoms with Gasteiger partial charge in [-0.05, 0) is 11.8 Å². The maximum atomic E-state index is 11.1. The number of carbonyl (C=O) groups is 2. The summed E-state index contributed by atoms with van der Waals surface area (Å²) in [7, 11) is 1.89. The van der Waals surface area contributed by atoms with Gasteiger partial charge in [-0.1, -0.05) is 13.8 Å². The van der Waals surface area contributed by atoms with E-state index in [1.54, 1.807) is 13.8 Å². The van der Waals surface area contributed by atoms with E-state index in [0.717, 1.165) is 0 Å². The Bertz CT molecular complexity index is 249. The molecule has 1 saturated carbocycles. The summed E-state index contributed by atoms with van der Waals surface area (Å²) < 4.78 is 4.50. The summed E-state index contributed by atoms with van der Waals surface area (Å²) in [6.07, 6.45) is 0.384. The topological polar surface area (TPSA) is 63.6 Å². The quantitative estimate of drug-likeness (QED) is 0.683. The molecule has 74 valence electrons. The molecule has 1 rings (SSSR count). The van der Waals surface area contributed by atoms with E-state index in [4.69, 9.17) is 5.11 Å². The molecule has 1 unspecified atom stereocenters. The zero-order chi connectivity index (χ0) is 10.2. The predicted octanol–water partition coefficient (Wildman–Crippen LogP) is 1.07. The van der Waals surface area contributed by atoms with Crippen molar-refractivity contribution in [2.75, 3.05) is 0 Å². The molecule has 0 amide bonds. The van der Waals surface area contributed by atoms with Crippen LogP contribution in [0.2, 0.25) is 0 Å². The minimum Gasteiger partial charge on any atom is -0.481 e.